The molecule has 0 amide bonds. The Morgan fingerprint density at radius 1 is 1.06 bits per heavy atom. The van der Waals surface area contributed by atoms with Gasteiger partial charge in [0.2, 0.25) is 0 Å². The lowest BCUT2D eigenvalue weighted by Gasteiger charge is -2.33. The van der Waals surface area contributed by atoms with Crippen LogP contribution in [0.5, 0.6) is 0 Å². The summed E-state index contributed by atoms with van der Waals surface area (Å²) in [5.41, 5.74) is 0. The Kier molecular flexibility index (Phi) is 7.25. The molecule has 1 aliphatic rings. The van der Waals surface area contributed by atoms with Crippen LogP contribution in [0.15, 0.2) is 0 Å². The molecule has 108 valence electrons. The van der Waals surface area contributed by atoms with Gasteiger partial charge in [-0.15, -0.1) is 0 Å². The molecule has 0 heterocycles. The summed E-state index contributed by atoms with van der Waals surface area (Å²) in [7, 11) is 4.36. The predicted molar refractivity (Wildman–Crippen MR) is 81.0 cm³/mol. The number of likely N-dealkylation sites (N-methyl/N-ethyl adjacent to an activating group) is 1. The molecule has 2 heteroatoms. The second kappa shape index (κ2) is 8.16. The molecular formula is C16H34N2. The minimum Gasteiger partial charge on any atom is -0.310 e. The number of nitrogens with one attached hydrogen (secondary N) is 1. The zero-order valence-electron chi connectivity index (χ0n) is 13.2. The van der Waals surface area contributed by atoms with Crippen LogP contribution in [-0.4, -0.2) is 37.6 Å². The largest absolute Gasteiger partial charge is 0.310 e. The van der Waals surface area contributed by atoms with Gasteiger partial charge < -0.3 is 10.2 Å². The van der Waals surface area contributed by atoms with Gasteiger partial charge in [0, 0.05) is 18.6 Å². The van der Waals surface area contributed by atoms with E-state index >= 15 is 0 Å². The first-order valence-corrected chi connectivity index (χ1v) is 7.89. The molecule has 0 aliphatic heterocycles. The second-order valence-electron chi connectivity index (χ2n) is 6.94. The normalized spacial score (nSPS) is 21.5. The molecule has 0 aromatic heterocycles. The van der Waals surface area contributed by atoms with Crippen molar-refractivity contribution in [2.75, 3.05) is 20.6 Å². The Hall–Kier alpha value is -0.0800. The zero-order chi connectivity index (χ0) is 13.5. The molecule has 2 unspecified atom stereocenters. The Balaban J connectivity index is 2.41. The standard InChI is InChI=1S/C16H34N2/c1-13(2)11-16(12-18(4)5)17-14(3)15-9-7-6-8-10-15/h13-17H,6-12H2,1-5H3. The average molecular weight is 254 g/mol. The minimum atomic E-state index is 0.650. The molecule has 1 rings (SSSR count). The highest BCUT2D eigenvalue weighted by Gasteiger charge is 2.22. The molecule has 0 bridgehead atoms. The predicted octanol–water partition coefficient (Wildman–Crippen LogP) is 3.52. The van der Waals surface area contributed by atoms with Crippen LogP contribution >= 0.6 is 0 Å². The lowest BCUT2D eigenvalue weighted by Crippen LogP contribution is -2.46. The molecule has 1 saturated carbocycles. The van der Waals surface area contributed by atoms with Gasteiger partial charge in [-0.25, -0.2) is 0 Å². The first-order chi connectivity index (χ1) is 8.49. The fourth-order valence-corrected chi connectivity index (χ4v) is 3.35. The molecule has 0 radical (unpaired) electrons. The maximum Gasteiger partial charge on any atom is 0.0199 e. The smallest absolute Gasteiger partial charge is 0.0199 e. The fourth-order valence-electron chi connectivity index (χ4n) is 3.35. The van der Waals surface area contributed by atoms with Gasteiger partial charge in [0.15, 0.2) is 0 Å². The van der Waals surface area contributed by atoms with Gasteiger partial charge in [-0.05, 0) is 52.1 Å². The average Bonchev–Trinajstić information content (AvgIpc) is 2.28. The summed E-state index contributed by atoms with van der Waals surface area (Å²) in [4.78, 5) is 2.31. The topological polar surface area (TPSA) is 15.3 Å². The number of nitrogens with zero attached hydrogens (tertiary/aromatic N) is 1. The summed E-state index contributed by atoms with van der Waals surface area (Å²) in [6, 6.07) is 1.34. The molecule has 2 atom stereocenters. The summed E-state index contributed by atoms with van der Waals surface area (Å²) in [5, 5.41) is 3.91. The Morgan fingerprint density at radius 3 is 2.17 bits per heavy atom. The van der Waals surface area contributed by atoms with Crippen LogP contribution in [0, 0.1) is 11.8 Å². The van der Waals surface area contributed by atoms with Gasteiger partial charge in [0.05, 0.1) is 0 Å². The minimum absolute atomic E-state index is 0.650. The van der Waals surface area contributed by atoms with Crippen LogP contribution < -0.4 is 5.32 Å². The van der Waals surface area contributed by atoms with E-state index in [1.54, 1.807) is 0 Å². The van der Waals surface area contributed by atoms with Gasteiger partial charge in [0.25, 0.3) is 0 Å². The van der Waals surface area contributed by atoms with Crippen molar-refractivity contribution >= 4 is 0 Å². The lowest BCUT2D eigenvalue weighted by atomic mass is 9.84. The molecule has 1 N–H and O–H groups in total. The van der Waals surface area contributed by atoms with Crippen molar-refractivity contribution in [3.63, 3.8) is 0 Å². The van der Waals surface area contributed by atoms with Crippen molar-refractivity contribution in [2.45, 2.75) is 71.4 Å². The van der Waals surface area contributed by atoms with Crippen molar-refractivity contribution in [2.24, 2.45) is 11.8 Å². The number of hydrogen-bond donors (Lipinski definition) is 1. The van der Waals surface area contributed by atoms with E-state index in [0.29, 0.717) is 12.1 Å². The van der Waals surface area contributed by atoms with Gasteiger partial charge in [-0.3, -0.25) is 0 Å². The molecule has 2 nitrogen and oxygen atoms in total. The van der Waals surface area contributed by atoms with Crippen LogP contribution in [-0.2, 0) is 0 Å². The third-order valence-electron chi connectivity index (χ3n) is 4.20. The summed E-state index contributed by atoms with van der Waals surface area (Å²) < 4.78 is 0. The molecular weight excluding hydrogens is 220 g/mol. The van der Waals surface area contributed by atoms with Gasteiger partial charge in [0.1, 0.15) is 0 Å². The van der Waals surface area contributed by atoms with Crippen molar-refractivity contribution in [1.29, 1.82) is 0 Å². The van der Waals surface area contributed by atoms with Crippen LogP contribution in [0.3, 0.4) is 0 Å². The van der Waals surface area contributed by atoms with Crippen LogP contribution in [0.2, 0.25) is 0 Å². The third-order valence-corrected chi connectivity index (χ3v) is 4.20. The zero-order valence-corrected chi connectivity index (χ0v) is 13.2. The lowest BCUT2D eigenvalue weighted by molar-refractivity contribution is 0.229. The quantitative estimate of drug-likeness (QED) is 0.748. The first-order valence-electron chi connectivity index (χ1n) is 7.89. The molecule has 18 heavy (non-hydrogen) atoms. The second-order valence-corrected chi connectivity index (χ2v) is 6.94. The Morgan fingerprint density at radius 2 is 1.67 bits per heavy atom. The van der Waals surface area contributed by atoms with E-state index in [1.807, 2.05) is 0 Å². The first kappa shape index (κ1) is 16.0. The summed E-state index contributed by atoms with van der Waals surface area (Å²) >= 11 is 0. The molecule has 0 saturated heterocycles. The highest BCUT2D eigenvalue weighted by molar-refractivity contribution is 4.81. The van der Waals surface area contributed by atoms with E-state index in [-0.39, 0.29) is 0 Å². The van der Waals surface area contributed by atoms with Crippen molar-refractivity contribution in [3.05, 3.63) is 0 Å². The SMILES string of the molecule is CC(C)CC(CN(C)C)NC(C)C1CCCCC1. The van der Waals surface area contributed by atoms with E-state index in [0.717, 1.165) is 18.4 Å². The number of rotatable bonds is 7. The summed E-state index contributed by atoms with van der Waals surface area (Å²) in [6.07, 6.45) is 8.50. The summed E-state index contributed by atoms with van der Waals surface area (Å²) in [6.45, 7) is 8.22. The molecule has 0 aromatic rings. The Labute approximate surface area is 115 Å². The van der Waals surface area contributed by atoms with Crippen LogP contribution in [0.4, 0.5) is 0 Å². The maximum atomic E-state index is 3.91. The van der Waals surface area contributed by atoms with Crippen molar-refractivity contribution in [1.82, 2.24) is 10.2 Å². The van der Waals surface area contributed by atoms with E-state index in [4.69, 9.17) is 0 Å². The maximum absolute atomic E-state index is 3.91. The highest BCUT2D eigenvalue weighted by atomic mass is 15.1. The van der Waals surface area contributed by atoms with Gasteiger partial charge in [-0.1, -0.05) is 33.1 Å². The molecule has 1 aliphatic carbocycles. The van der Waals surface area contributed by atoms with E-state index < -0.39 is 0 Å². The van der Waals surface area contributed by atoms with Gasteiger partial charge >= 0.3 is 0 Å². The fraction of sp³-hybridized carbons (Fsp3) is 1.00. The van der Waals surface area contributed by atoms with E-state index in [2.05, 4.69) is 45.1 Å². The van der Waals surface area contributed by atoms with Crippen LogP contribution in [0.25, 0.3) is 0 Å². The monoisotopic (exact) mass is 254 g/mol. The van der Waals surface area contributed by atoms with Crippen molar-refractivity contribution < 1.29 is 0 Å². The van der Waals surface area contributed by atoms with Crippen LogP contribution in [0.1, 0.15) is 59.3 Å². The number of hydrogen-bond acceptors (Lipinski definition) is 2. The van der Waals surface area contributed by atoms with E-state index in [9.17, 15) is 0 Å². The summed E-state index contributed by atoms with van der Waals surface area (Å²) in [5.74, 6) is 1.69. The van der Waals surface area contributed by atoms with Gasteiger partial charge in [-0.2, -0.15) is 0 Å². The molecule has 0 spiro atoms. The molecule has 1 fully saturated rings. The Bertz CT molecular complexity index is 197. The van der Waals surface area contributed by atoms with Crippen molar-refractivity contribution in [3.8, 4) is 0 Å². The third kappa shape index (κ3) is 6.19. The molecule has 0 aromatic carbocycles. The highest BCUT2D eigenvalue weighted by Crippen LogP contribution is 2.26. The van der Waals surface area contributed by atoms with E-state index in [1.165, 1.54) is 38.5 Å².